The maximum Gasteiger partial charge on any atom is 0.269 e. The molecule has 1 rings (SSSR count). The smallest absolute Gasteiger partial charge is 0.269 e. The van der Waals surface area contributed by atoms with Crippen LogP contribution in [0.1, 0.15) is 26.7 Å². The van der Waals surface area contributed by atoms with Crippen LogP contribution in [0, 0.1) is 15.5 Å². The second-order valence-electron chi connectivity index (χ2n) is 5.60. The van der Waals surface area contributed by atoms with Crippen LogP contribution in [0.15, 0.2) is 29.2 Å². The number of nitrogens with two attached hydrogens (primary N) is 1. The molecule has 0 aliphatic carbocycles. The first-order valence-corrected chi connectivity index (χ1v) is 9.43. The van der Waals surface area contributed by atoms with E-state index >= 15 is 0 Å². The number of nitro groups is 1. The van der Waals surface area contributed by atoms with Crippen molar-refractivity contribution in [1.82, 2.24) is 10.0 Å². The van der Waals surface area contributed by atoms with E-state index in [1.807, 2.05) is 13.8 Å². The first kappa shape index (κ1) is 21.0. The predicted octanol–water partition coefficient (Wildman–Crippen LogP) is 0.754. The minimum Gasteiger partial charge on any atom is -0.354 e. The molecule has 0 aromatic heterocycles. The topological polar surface area (TPSA) is 144 Å². The van der Waals surface area contributed by atoms with Crippen molar-refractivity contribution < 1.29 is 18.1 Å². The van der Waals surface area contributed by atoms with E-state index in [9.17, 15) is 23.3 Å². The van der Waals surface area contributed by atoms with Gasteiger partial charge in [-0.15, -0.1) is 0 Å². The molecule has 0 aliphatic rings. The standard InChI is InChI=1S/C15H24N4O5S/c1-3-15(4-2,11-16)14(20)17-9-10-18-25(23,24)13-7-5-12(6-8-13)19(21)22/h5-8,18H,3-4,9-11,16H2,1-2H3,(H,17,20). The first-order valence-electron chi connectivity index (χ1n) is 7.95. The Labute approximate surface area is 147 Å². The maximum absolute atomic E-state index is 12.2. The van der Waals surface area contributed by atoms with Gasteiger partial charge >= 0.3 is 0 Å². The summed E-state index contributed by atoms with van der Waals surface area (Å²) in [6.45, 7) is 4.10. The fourth-order valence-electron chi connectivity index (χ4n) is 2.33. The SMILES string of the molecule is CCC(CC)(CN)C(=O)NCCNS(=O)(=O)c1ccc([N+](=O)[O-])cc1. The molecule has 0 heterocycles. The molecule has 0 fully saturated rings. The number of hydrogen-bond donors (Lipinski definition) is 3. The second-order valence-corrected chi connectivity index (χ2v) is 7.36. The lowest BCUT2D eigenvalue weighted by Gasteiger charge is -2.28. The van der Waals surface area contributed by atoms with Gasteiger partial charge in [0.25, 0.3) is 5.69 Å². The zero-order valence-electron chi connectivity index (χ0n) is 14.3. The molecular formula is C15H24N4O5S. The number of hydrogen-bond acceptors (Lipinski definition) is 6. The van der Waals surface area contributed by atoms with Crippen molar-refractivity contribution in [3.05, 3.63) is 34.4 Å². The highest BCUT2D eigenvalue weighted by molar-refractivity contribution is 7.89. The van der Waals surface area contributed by atoms with Gasteiger partial charge in [0, 0.05) is 31.8 Å². The molecule has 4 N–H and O–H groups in total. The average Bonchev–Trinajstić information content (AvgIpc) is 2.61. The van der Waals surface area contributed by atoms with Crippen LogP contribution in [0.2, 0.25) is 0 Å². The van der Waals surface area contributed by atoms with Crippen LogP contribution in [0.3, 0.4) is 0 Å². The lowest BCUT2D eigenvalue weighted by molar-refractivity contribution is -0.384. The number of carbonyl (C=O) groups is 1. The van der Waals surface area contributed by atoms with Gasteiger partial charge in [0.15, 0.2) is 0 Å². The molecule has 1 aromatic rings. The van der Waals surface area contributed by atoms with E-state index < -0.39 is 20.4 Å². The van der Waals surface area contributed by atoms with Crippen LogP contribution in [-0.2, 0) is 14.8 Å². The Balaban J connectivity index is 2.60. The molecule has 25 heavy (non-hydrogen) atoms. The summed E-state index contributed by atoms with van der Waals surface area (Å²) in [4.78, 5) is 22.1. The summed E-state index contributed by atoms with van der Waals surface area (Å²) in [6, 6.07) is 4.56. The third-order valence-electron chi connectivity index (χ3n) is 4.29. The van der Waals surface area contributed by atoms with E-state index in [0.29, 0.717) is 12.8 Å². The Bertz CT molecular complexity index is 691. The number of nitro benzene ring substituents is 1. The van der Waals surface area contributed by atoms with Gasteiger partial charge in [-0.05, 0) is 25.0 Å². The molecular weight excluding hydrogens is 348 g/mol. The number of non-ortho nitro benzene ring substituents is 1. The molecule has 0 aliphatic heterocycles. The van der Waals surface area contributed by atoms with Crippen LogP contribution in [0.5, 0.6) is 0 Å². The molecule has 140 valence electrons. The molecule has 0 bridgehead atoms. The van der Waals surface area contributed by atoms with Gasteiger partial charge in [-0.2, -0.15) is 0 Å². The minimum atomic E-state index is -3.80. The fourth-order valence-corrected chi connectivity index (χ4v) is 3.36. The lowest BCUT2D eigenvalue weighted by Crippen LogP contribution is -2.47. The van der Waals surface area contributed by atoms with Gasteiger partial charge in [0.2, 0.25) is 15.9 Å². The third-order valence-corrected chi connectivity index (χ3v) is 5.76. The van der Waals surface area contributed by atoms with Crippen molar-refractivity contribution in [3.63, 3.8) is 0 Å². The second kappa shape index (κ2) is 8.88. The average molecular weight is 372 g/mol. The normalized spacial score (nSPS) is 12.0. The maximum atomic E-state index is 12.2. The molecule has 0 unspecified atom stereocenters. The summed E-state index contributed by atoms with van der Waals surface area (Å²) in [7, 11) is -3.80. The molecule has 10 heteroatoms. The molecule has 0 atom stereocenters. The van der Waals surface area contributed by atoms with Crippen molar-refractivity contribution >= 4 is 21.6 Å². The zero-order valence-corrected chi connectivity index (χ0v) is 15.1. The monoisotopic (exact) mass is 372 g/mol. The summed E-state index contributed by atoms with van der Waals surface area (Å²) >= 11 is 0. The molecule has 0 spiro atoms. The van der Waals surface area contributed by atoms with E-state index in [4.69, 9.17) is 5.73 Å². The van der Waals surface area contributed by atoms with E-state index in [-0.39, 0.29) is 36.1 Å². The van der Waals surface area contributed by atoms with Crippen molar-refractivity contribution in [2.45, 2.75) is 31.6 Å². The first-order chi connectivity index (χ1) is 11.7. The lowest BCUT2D eigenvalue weighted by atomic mass is 9.81. The zero-order chi connectivity index (χ0) is 19.1. The van der Waals surface area contributed by atoms with Crippen LogP contribution >= 0.6 is 0 Å². The highest BCUT2D eigenvalue weighted by atomic mass is 32.2. The molecule has 9 nitrogen and oxygen atoms in total. The highest BCUT2D eigenvalue weighted by Gasteiger charge is 2.32. The Kier molecular flexibility index (Phi) is 7.46. The van der Waals surface area contributed by atoms with Gasteiger partial charge < -0.3 is 11.1 Å². The van der Waals surface area contributed by atoms with E-state index in [1.165, 1.54) is 0 Å². The van der Waals surface area contributed by atoms with E-state index in [2.05, 4.69) is 10.0 Å². The minimum absolute atomic E-state index is 0.000852. The van der Waals surface area contributed by atoms with Crippen molar-refractivity contribution in [2.75, 3.05) is 19.6 Å². The summed E-state index contributed by atoms with van der Waals surface area (Å²) in [5, 5.41) is 13.3. The molecule has 0 saturated carbocycles. The number of rotatable bonds is 10. The van der Waals surface area contributed by atoms with Crippen molar-refractivity contribution in [1.29, 1.82) is 0 Å². The van der Waals surface area contributed by atoms with E-state index in [1.54, 1.807) is 0 Å². The van der Waals surface area contributed by atoms with Gasteiger partial charge in [-0.3, -0.25) is 14.9 Å². The quantitative estimate of drug-likeness (QED) is 0.314. The summed E-state index contributed by atoms with van der Waals surface area (Å²) in [6.07, 6.45) is 1.20. The molecule has 1 amide bonds. The number of nitrogens with one attached hydrogen (secondary N) is 2. The molecule has 0 radical (unpaired) electrons. The number of amides is 1. The van der Waals surface area contributed by atoms with Gasteiger partial charge in [-0.1, -0.05) is 13.8 Å². The Hall–Kier alpha value is -2.04. The third kappa shape index (κ3) is 5.21. The predicted molar refractivity (Wildman–Crippen MR) is 93.4 cm³/mol. The Morgan fingerprint density at radius 3 is 2.20 bits per heavy atom. The number of benzene rings is 1. The number of carbonyl (C=O) groups excluding carboxylic acids is 1. The van der Waals surface area contributed by atoms with Crippen LogP contribution in [-0.4, -0.2) is 38.9 Å². The van der Waals surface area contributed by atoms with Gasteiger partial charge in [0.1, 0.15) is 0 Å². The fraction of sp³-hybridized carbons (Fsp3) is 0.533. The van der Waals surface area contributed by atoms with Gasteiger partial charge in [0.05, 0.1) is 15.2 Å². The Morgan fingerprint density at radius 2 is 1.76 bits per heavy atom. The number of nitrogens with zero attached hydrogens (tertiary/aromatic N) is 1. The van der Waals surface area contributed by atoms with Crippen molar-refractivity contribution in [3.8, 4) is 0 Å². The number of sulfonamides is 1. The molecule has 1 aromatic carbocycles. The van der Waals surface area contributed by atoms with E-state index in [0.717, 1.165) is 24.3 Å². The summed E-state index contributed by atoms with van der Waals surface area (Å²) in [5.74, 6) is -0.200. The largest absolute Gasteiger partial charge is 0.354 e. The van der Waals surface area contributed by atoms with Crippen LogP contribution in [0.4, 0.5) is 5.69 Å². The highest BCUT2D eigenvalue weighted by Crippen LogP contribution is 2.24. The van der Waals surface area contributed by atoms with Crippen LogP contribution < -0.4 is 15.8 Å². The molecule has 0 saturated heterocycles. The van der Waals surface area contributed by atoms with Crippen molar-refractivity contribution in [2.24, 2.45) is 11.1 Å². The summed E-state index contributed by atoms with van der Waals surface area (Å²) < 4.78 is 26.6. The van der Waals surface area contributed by atoms with Gasteiger partial charge in [-0.25, -0.2) is 13.1 Å². The van der Waals surface area contributed by atoms with Crippen LogP contribution in [0.25, 0.3) is 0 Å². The Morgan fingerprint density at radius 1 is 1.20 bits per heavy atom. The summed E-state index contributed by atoms with van der Waals surface area (Å²) in [5.41, 5.74) is 4.86.